The quantitative estimate of drug-likeness (QED) is 0.844. The van der Waals surface area contributed by atoms with E-state index in [1.165, 1.54) is 0 Å². The Kier molecular flexibility index (Phi) is 4.17. The number of likely N-dealkylation sites (tertiary alicyclic amines) is 1. The molecule has 1 fully saturated rings. The van der Waals surface area contributed by atoms with Crippen LogP contribution in [0.15, 0.2) is 30.5 Å². The number of aromatic nitrogens is 1. The zero-order valence-corrected chi connectivity index (χ0v) is 13.2. The Morgan fingerprint density at radius 3 is 2.54 bits per heavy atom. The van der Waals surface area contributed by atoms with Gasteiger partial charge in [-0.3, -0.25) is 9.69 Å². The Labute approximate surface area is 137 Å². The third-order valence-electron chi connectivity index (χ3n) is 4.93. The van der Waals surface area contributed by atoms with Crippen molar-refractivity contribution in [3.05, 3.63) is 36.0 Å². The van der Waals surface area contributed by atoms with Crippen LogP contribution in [0.3, 0.4) is 0 Å². The zero-order valence-electron chi connectivity index (χ0n) is 13.2. The normalized spacial score (nSPS) is 20.2. The van der Waals surface area contributed by atoms with E-state index in [2.05, 4.69) is 4.98 Å². The van der Waals surface area contributed by atoms with E-state index in [1.807, 2.05) is 24.3 Å². The molecule has 24 heavy (non-hydrogen) atoms. The fraction of sp³-hybridized carbons (Fsp3) is 0.471. The molecule has 1 aliphatic rings. The number of alkyl halides is 3. The van der Waals surface area contributed by atoms with Crippen LogP contribution >= 0.6 is 0 Å². The number of hydrogen-bond acceptors (Lipinski definition) is 3. The molecule has 3 rings (SSSR count). The molecule has 7 heteroatoms. The maximum atomic E-state index is 12.9. The van der Waals surface area contributed by atoms with Gasteiger partial charge in [-0.05, 0) is 25.8 Å². The first-order valence-electron chi connectivity index (χ1n) is 7.86. The maximum absolute atomic E-state index is 12.9. The number of piperidine rings is 1. The zero-order chi connectivity index (χ0) is 17.5. The number of carbonyl (C=O) groups excluding carboxylic acids is 1. The highest BCUT2D eigenvalue weighted by Crippen LogP contribution is 2.38. The lowest BCUT2D eigenvalue weighted by Gasteiger charge is -2.41. The molecule has 1 atom stereocenters. The standard InChI is InChI=1S/C17H19F3N2O2/c1-11(22-8-6-16(24,7-9-22)17(18,19)20)15(23)13-10-21-14-5-3-2-4-12(13)14/h2-5,10-11,21,24H,6-9H2,1H3. The van der Waals surface area contributed by atoms with Gasteiger partial charge in [0.2, 0.25) is 0 Å². The van der Waals surface area contributed by atoms with Crippen LogP contribution in [0.2, 0.25) is 0 Å². The van der Waals surface area contributed by atoms with Crippen LogP contribution in [0, 0.1) is 0 Å². The predicted molar refractivity (Wildman–Crippen MR) is 83.9 cm³/mol. The molecule has 1 saturated heterocycles. The second-order valence-electron chi connectivity index (χ2n) is 6.35. The van der Waals surface area contributed by atoms with Crippen molar-refractivity contribution in [2.24, 2.45) is 0 Å². The molecule has 2 N–H and O–H groups in total. The number of rotatable bonds is 3. The van der Waals surface area contributed by atoms with Crippen LogP contribution < -0.4 is 0 Å². The molecule has 0 saturated carbocycles. The van der Waals surface area contributed by atoms with E-state index in [0.717, 1.165) is 10.9 Å². The first-order chi connectivity index (χ1) is 11.2. The molecule has 1 aliphatic heterocycles. The Morgan fingerprint density at radius 2 is 1.92 bits per heavy atom. The number of halogens is 3. The number of H-pyrrole nitrogens is 1. The number of carbonyl (C=O) groups is 1. The van der Waals surface area contributed by atoms with Crippen LogP contribution in [0.4, 0.5) is 13.2 Å². The molecule has 2 aromatic rings. The van der Waals surface area contributed by atoms with Crippen LogP contribution in [0.1, 0.15) is 30.1 Å². The second kappa shape index (κ2) is 5.89. The third-order valence-corrected chi connectivity index (χ3v) is 4.93. The molecule has 1 aromatic carbocycles. The summed E-state index contributed by atoms with van der Waals surface area (Å²) in [6.07, 6.45) is -3.83. The molecule has 0 spiro atoms. The van der Waals surface area contributed by atoms with E-state index in [-0.39, 0.29) is 18.9 Å². The lowest BCUT2D eigenvalue weighted by atomic mass is 9.89. The van der Waals surface area contributed by atoms with Gasteiger partial charge in [0.15, 0.2) is 11.4 Å². The number of nitrogens with zero attached hydrogens (tertiary/aromatic N) is 1. The summed E-state index contributed by atoms with van der Waals surface area (Å²) in [6, 6.07) is 6.86. The van der Waals surface area contributed by atoms with Crippen molar-refractivity contribution in [2.75, 3.05) is 13.1 Å². The van der Waals surface area contributed by atoms with Gasteiger partial charge in [0.1, 0.15) is 0 Å². The van der Waals surface area contributed by atoms with E-state index in [1.54, 1.807) is 18.0 Å². The fourth-order valence-corrected chi connectivity index (χ4v) is 3.23. The summed E-state index contributed by atoms with van der Waals surface area (Å²) < 4.78 is 38.6. The Bertz CT molecular complexity index is 746. The lowest BCUT2D eigenvalue weighted by molar-refractivity contribution is -0.273. The third kappa shape index (κ3) is 2.82. The van der Waals surface area contributed by atoms with Gasteiger partial charge < -0.3 is 10.1 Å². The topological polar surface area (TPSA) is 56.3 Å². The summed E-state index contributed by atoms with van der Waals surface area (Å²) >= 11 is 0. The van der Waals surface area contributed by atoms with Crippen LogP contribution in [0.25, 0.3) is 10.9 Å². The van der Waals surface area contributed by atoms with Crippen LogP contribution in [-0.4, -0.2) is 51.7 Å². The maximum Gasteiger partial charge on any atom is 0.417 e. The number of nitrogens with one attached hydrogen (secondary N) is 1. The van der Waals surface area contributed by atoms with Gasteiger partial charge in [0, 0.05) is 35.8 Å². The number of ketones is 1. The number of benzene rings is 1. The smallest absolute Gasteiger partial charge is 0.380 e. The highest BCUT2D eigenvalue weighted by molar-refractivity contribution is 6.10. The van der Waals surface area contributed by atoms with E-state index >= 15 is 0 Å². The summed E-state index contributed by atoms with van der Waals surface area (Å²) in [5.74, 6) is -0.134. The number of para-hydroxylation sites is 1. The molecule has 4 nitrogen and oxygen atoms in total. The minimum Gasteiger partial charge on any atom is -0.380 e. The van der Waals surface area contributed by atoms with Crippen molar-refractivity contribution in [1.82, 2.24) is 9.88 Å². The molecule has 0 radical (unpaired) electrons. The van der Waals surface area contributed by atoms with Crippen LogP contribution in [0.5, 0.6) is 0 Å². The largest absolute Gasteiger partial charge is 0.417 e. The number of fused-ring (bicyclic) bond motifs is 1. The molecular weight excluding hydrogens is 321 g/mol. The Hall–Kier alpha value is -1.86. The molecule has 2 heterocycles. The minimum atomic E-state index is -4.64. The minimum absolute atomic E-state index is 0.0330. The molecular formula is C17H19F3N2O2. The number of aromatic amines is 1. The first-order valence-corrected chi connectivity index (χ1v) is 7.86. The lowest BCUT2D eigenvalue weighted by Crippen LogP contribution is -2.55. The van der Waals surface area contributed by atoms with E-state index in [9.17, 15) is 23.1 Å². The molecule has 1 aromatic heterocycles. The van der Waals surface area contributed by atoms with Gasteiger partial charge in [0.05, 0.1) is 6.04 Å². The van der Waals surface area contributed by atoms with Crippen molar-refractivity contribution in [2.45, 2.75) is 37.6 Å². The number of Topliss-reactive ketones (excluding diaryl/α,β-unsaturated/α-hetero) is 1. The average Bonchev–Trinajstić information content (AvgIpc) is 2.97. The van der Waals surface area contributed by atoms with Gasteiger partial charge in [-0.2, -0.15) is 13.2 Å². The van der Waals surface area contributed by atoms with Crippen molar-refractivity contribution >= 4 is 16.7 Å². The fourth-order valence-electron chi connectivity index (χ4n) is 3.23. The van der Waals surface area contributed by atoms with Crippen molar-refractivity contribution < 1.29 is 23.1 Å². The van der Waals surface area contributed by atoms with E-state index < -0.39 is 30.7 Å². The van der Waals surface area contributed by atoms with Gasteiger partial charge in [-0.15, -0.1) is 0 Å². The van der Waals surface area contributed by atoms with Gasteiger partial charge >= 0.3 is 6.18 Å². The summed E-state index contributed by atoms with van der Waals surface area (Å²) in [5, 5.41) is 10.5. The number of aliphatic hydroxyl groups is 1. The van der Waals surface area contributed by atoms with Crippen molar-refractivity contribution in [3.63, 3.8) is 0 Å². The summed E-state index contributed by atoms with van der Waals surface area (Å²) in [4.78, 5) is 17.5. The molecule has 0 aliphatic carbocycles. The SMILES string of the molecule is CC(C(=O)c1c[nH]c2ccccc12)N1CCC(O)(C(F)(F)F)CC1. The first kappa shape index (κ1) is 17.0. The molecule has 1 unspecified atom stereocenters. The summed E-state index contributed by atoms with van der Waals surface area (Å²) in [6.45, 7) is 1.76. The van der Waals surface area contributed by atoms with E-state index in [0.29, 0.717) is 5.56 Å². The average molecular weight is 340 g/mol. The highest BCUT2D eigenvalue weighted by Gasteiger charge is 2.54. The van der Waals surface area contributed by atoms with Gasteiger partial charge in [-0.25, -0.2) is 0 Å². The number of hydrogen-bond donors (Lipinski definition) is 2. The van der Waals surface area contributed by atoms with Gasteiger partial charge in [-0.1, -0.05) is 18.2 Å². The second-order valence-corrected chi connectivity index (χ2v) is 6.35. The molecule has 130 valence electrons. The van der Waals surface area contributed by atoms with E-state index in [4.69, 9.17) is 0 Å². The molecule has 0 amide bonds. The highest BCUT2D eigenvalue weighted by atomic mass is 19.4. The summed E-state index contributed by atoms with van der Waals surface area (Å²) in [5.41, 5.74) is -1.26. The van der Waals surface area contributed by atoms with Gasteiger partial charge in [0.25, 0.3) is 0 Å². The monoisotopic (exact) mass is 340 g/mol. The Balaban J connectivity index is 1.74. The molecule has 0 bridgehead atoms. The Morgan fingerprint density at radius 1 is 1.29 bits per heavy atom. The van der Waals surface area contributed by atoms with Crippen molar-refractivity contribution in [1.29, 1.82) is 0 Å². The van der Waals surface area contributed by atoms with Crippen LogP contribution in [-0.2, 0) is 0 Å². The predicted octanol–water partition coefficient (Wildman–Crippen LogP) is 3.13. The summed E-state index contributed by atoms with van der Waals surface area (Å²) in [7, 11) is 0. The van der Waals surface area contributed by atoms with Crippen molar-refractivity contribution in [3.8, 4) is 0 Å².